The second-order valence-corrected chi connectivity index (χ2v) is 10.9. The number of benzene rings is 1. The van der Waals surface area contributed by atoms with Crippen molar-refractivity contribution in [2.75, 3.05) is 11.9 Å². The average molecular weight is 479 g/mol. The first kappa shape index (κ1) is 20.5. The van der Waals surface area contributed by atoms with Crippen LogP contribution < -0.4 is 15.4 Å². The number of hydrogen-bond donors (Lipinski definition) is 3. The number of aromatic hydroxyl groups is 1. The predicted octanol–water partition coefficient (Wildman–Crippen LogP) is 5.62. The van der Waals surface area contributed by atoms with Crippen LogP contribution in [0, 0.1) is 11.3 Å². The number of nitrogens with one attached hydrogen (secondary N) is 2. The Morgan fingerprint density at radius 1 is 1.31 bits per heavy atom. The van der Waals surface area contributed by atoms with Crippen molar-refractivity contribution >= 4 is 38.2 Å². The van der Waals surface area contributed by atoms with Gasteiger partial charge in [-0.15, -0.1) is 11.3 Å². The number of thiophene rings is 1. The third-order valence-corrected chi connectivity index (χ3v) is 7.59. The van der Waals surface area contributed by atoms with Crippen molar-refractivity contribution in [3.63, 3.8) is 0 Å². The van der Waals surface area contributed by atoms with Gasteiger partial charge in [0.1, 0.15) is 11.2 Å². The molecule has 1 aromatic carbocycles. The van der Waals surface area contributed by atoms with Gasteiger partial charge in [0.15, 0.2) is 11.5 Å². The monoisotopic (exact) mass is 478 g/mol. The fraction of sp³-hybridized carbons (Fsp3) is 0.500. The van der Waals surface area contributed by atoms with E-state index in [1.54, 1.807) is 17.4 Å². The van der Waals surface area contributed by atoms with E-state index >= 15 is 0 Å². The Labute approximate surface area is 184 Å². The van der Waals surface area contributed by atoms with Gasteiger partial charge in [0.25, 0.3) is 5.91 Å². The number of ether oxygens (including phenoxy) is 1. The van der Waals surface area contributed by atoms with Gasteiger partial charge >= 0.3 is 0 Å². The van der Waals surface area contributed by atoms with Crippen LogP contribution in [0.15, 0.2) is 16.6 Å². The lowest BCUT2D eigenvalue weighted by Crippen LogP contribution is -2.38. The summed E-state index contributed by atoms with van der Waals surface area (Å²) in [6.45, 7) is 9.20. The molecule has 2 aliphatic rings. The maximum atomic E-state index is 13.0. The molecule has 5 nitrogen and oxygen atoms in total. The molecule has 0 unspecified atom stereocenters. The number of halogens is 1. The van der Waals surface area contributed by atoms with Crippen molar-refractivity contribution in [2.45, 2.75) is 53.1 Å². The largest absolute Gasteiger partial charge is 0.504 e. The molecule has 0 radical (unpaired) electrons. The minimum Gasteiger partial charge on any atom is -0.504 e. The van der Waals surface area contributed by atoms with E-state index in [1.807, 2.05) is 13.0 Å². The summed E-state index contributed by atoms with van der Waals surface area (Å²) in [4.78, 5) is 14.3. The highest BCUT2D eigenvalue weighted by molar-refractivity contribution is 9.10. The standard InChI is InChI=1S/C22H27BrN2O3S/c1-5-28-15-10-12(23)9-14(18(15)26)19-24-20(27)17-13-7-6-11(22(2,3)4)8-16(13)29-21(17)25-19/h9-11,19,25-26H,5-8H2,1-4H3,(H,24,27)/t11-,19-/m0/s1. The van der Waals surface area contributed by atoms with E-state index < -0.39 is 6.17 Å². The van der Waals surface area contributed by atoms with Gasteiger partial charge in [0.2, 0.25) is 0 Å². The lowest BCUT2D eigenvalue weighted by Gasteiger charge is -2.34. The molecule has 0 fully saturated rings. The molecule has 2 heterocycles. The quantitative estimate of drug-likeness (QED) is 0.535. The zero-order valence-electron chi connectivity index (χ0n) is 17.2. The fourth-order valence-electron chi connectivity index (χ4n) is 4.27. The Hall–Kier alpha value is -1.73. The molecule has 7 heteroatoms. The number of phenols is 1. The Kier molecular flexibility index (Phi) is 5.32. The van der Waals surface area contributed by atoms with E-state index in [1.165, 1.54) is 10.4 Å². The van der Waals surface area contributed by atoms with E-state index in [2.05, 4.69) is 47.3 Å². The van der Waals surface area contributed by atoms with Crippen LogP contribution in [0.5, 0.6) is 11.5 Å². The van der Waals surface area contributed by atoms with Crippen LogP contribution in [0.3, 0.4) is 0 Å². The Bertz CT molecular complexity index is 964. The van der Waals surface area contributed by atoms with Crippen molar-refractivity contribution < 1.29 is 14.6 Å². The molecule has 1 aromatic heterocycles. The highest BCUT2D eigenvalue weighted by Gasteiger charge is 2.37. The zero-order chi connectivity index (χ0) is 20.9. The first-order valence-electron chi connectivity index (χ1n) is 10.1. The van der Waals surface area contributed by atoms with Gasteiger partial charge < -0.3 is 20.5 Å². The molecule has 1 amide bonds. The normalized spacial score (nSPS) is 21.1. The summed E-state index contributed by atoms with van der Waals surface area (Å²) in [6, 6.07) is 3.54. The van der Waals surface area contributed by atoms with E-state index in [4.69, 9.17) is 4.74 Å². The van der Waals surface area contributed by atoms with Crippen molar-refractivity contribution in [1.82, 2.24) is 5.32 Å². The van der Waals surface area contributed by atoms with Crippen LogP contribution >= 0.6 is 27.3 Å². The number of carbonyl (C=O) groups is 1. The number of carbonyl (C=O) groups excluding carboxylic acids is 1. The SMILES string of the molecule is CCOc1cc(Br)cc([C@H]2NC(=O)c3c(sc4c3CC[C@H](C(C)(C)C)C4)N2)c1O. The van der Waals surface area contributed by atoms with Crippen LogP contribution in [0.2, 0.25) is 0 Å². The lowest BCUT2D eigenvalue weighted by atomic mass is 9.72. The van der Waals surface area contributed by atoms with E-state index in [9.17, 15) is 9.90 Å². The molecule has 0 bridgehead atoms. The van der Waals surface area contributed by atoms with Crippen LogP contribution in [-0.2, 0) is 12.8 Å². The Balaban J connectivity index is 1.67. The van der Waals surface area contributed by atoms with Crippen LogP contribution in [0.25, 0.3) is 0 Å². The van der Waals surface area contributed by atoms with Gasteiger partial charge in [0.05, 0.1) is 12.2 Å². The van der Waals surface area contributed by atoms with E-state index in [0.29, 0.717) is 23.8 Å². The van der Waals surface area contributed by atoms with Gasteiger partial charge in [-0.3, -0.25) is 4.79 Å². The van der Waals surface area contributed by atoms with E-state index in [-0.39, 0.29) is 17.1 Å². The molecular weight excluding hydrogens is 452 g/mol. The fourth-order valence-corrected chi connectivity index (χ4v) is 6.08. The molecule has 0 saturated carbocycles. The minimum absolute atomic E-state index is 0.0467. The van der Waals surface area contributed by atoms with Gasteiger partial charge in [-0.2, -0.15) is 0 Å². The maximum Gasteiger partial charge on any atom is 0.256 e. The van der Waals surface area contributed by atoms with Crippen molar-refractivity contribution in [2.24, 2.45) is 11.3 Å². The highest BCUT2D eigenvalue weighted by Crippen LogP contribution is 2.47. The van der Waals surface area contributed by atoms with E-state index in [0.717, 1.165) is 34.3 Å². The first-order chi connectivity index (χ1) is 13.7. The summed E-state index contributed by atoms with van der Waals surface area (Å²) >= 11 is 5.16. The molecule has 1 aliphatic carbocycles. The number of rotatable bonds is 3. The van der Waals surface area contributed by atoms with Gasteiger partial charge in [-0.05, 0) is 55.2 Å². The molecular formula is C22H27BrN2O3S. The summed E-state index contributed by atoms with van der Waals surface area (Å²) in [7, 11) is 0. The molecule has 3 N–H and O–H groups in total. The van der Waals surface area contributed by atoms with Crippen molar-refractivity contribution in [3.8, 4) is 11.5 Å². The second kappa shape index (κ2) is 7.51. The van der Waals surface area contributed by atoms with Crippen LogP contribution in [0.4, 0.5) is 5.00 Å². The molecule has 0 saturated heterocycles. The minimum atomic E-state index is -0.509. The summed E-state index contributed by atoms with van der Waals surface area (Å²) in [5.74, 6) is 0.993. The van der Waals surface area contributed by atoms with Crippen molar-refractivity contribution in [1.29, 1.82) is 0 Å². The topological polar surface area (TPSA) is 70.6 Å². The predicted molar refractivity (Wildman–Crippen MR) is 120 cm³/mol. The number of hydrogen-bond acceptors (Lipinski definition) is 5. The summed E-state index contributed by atoms with van der Waals surface area (Å²) < 4.78 is 6.32. The van der Waals surface area contributed by atoms with Crippen LogP contribution in [-0.4, -0.2) is 17.6 Å². The molecule has 156 valence electrons. The Morgan fingerprint density at radius 2 is 2.07 bits per heavy atom. The first-order valence-corrected chi connectivity index (χ1v) is 11.7. The third-order valence-electron chi connectivity index (χ3n) is 5.95. The number of phenolic OH excluding ortho intramolecular Hbond substituents is 1. The maximum absolute atomic E-state index is 13.0. The smallest absolute Gasteiger partial charge is 0.256 e. The summed E-state index contributed by atoms with van der Waals surface area (Å²) in [6.07, 6.45) is 2.57. The molecule has 29 heavy (non-hydrogen) atoms. The lowest BCUT2D eigenvalue weighted by molar-refractivity contribution is 0.0934. The average Bonchev–Trinajstić information content (AvgIpc) is 3.01. The molecule has 0 spiro atoms. The van der Waals surface area contributed by atoms with Gasteiger partial charge in [0, 0.05) is 14.9 Å². The molecule has 4 rings (SSSR count). The van der Waals surface area contributed by atoms with Crippen molar-refractivity contribution in [3.05, 3.63) is 38.2 Å². The van der Waals surface area contributed by atoms with Crippen LogP contribution in [0.1, 0.15) is 66.6 Å². The van der Waals surface area contributed by atoms with Gasteiger partial charge in [-0.1, -0.05) is 36.7 Å². The second-order valence-electron chi connectivity index (χ2n) is 8.84. The Morgan fingerprint density at radius 3 is 2.76 bits per heavy atom. The highest BCUT2D eigenvalue weighted by atomic mass is 79.9. The third kappa shape index (κ3) is 3.75. The van der Waals surface area contributed by atoms with Gasteiger partial charge in [-0.25, -0.2) is 0 Å². The summed E-state index contributed by atoms with van der Waals surface area (Å²) in [5, 5.41) is 18.0. The summed E-state index contributed by atoms with van der Waals surface area (Å²) in [5.41, 5.74) is 2.83. The number of fused-ring (bicyclic) bond motifs is 3. The zero-order valence-corrected chi connectivity index (χ0v) is 19.6. The molecule has 2 atom stereocenters. The molecule has 2 aromatic rings. The molecule has 1 aliphatic heterocycles. The number of anilines is 1. The number of amides is 1.